The van der Waals surface area contributed by atoms with Gasteiger partial charge in [0.1, 0.15) is 11.6 Å². The van der Waals surface area contributed by atoms with E-state index in [0.29, 0.717) is 0 Å². The van der Waals surface area contributed by atoms with Crippen LogP contribution in [0, 0.1) is 11.7 Å². The first-order valence-electron chi connectivity index (χ1n) is 5.29. The first kappa shape index (κ1) is 14.0. The van der Waals surface area contributed by atoms with Crippen molar-refractivity contribution in [2.75, 3.05) is 13.6 Å². The molecule has 0 fully saturated rings. The summed E-state index contributed by atoms with van der Waals surface area (Å²) in [4.78, 5) is 23.7. The quantitative estimate of drug-likeness (QED) is 0.850. The molecular weight excluding hydrogens is 241 g/mol. The Hall–Kier alpha value is -2.11. The summed E-state index contributed by atoms with van der Waals surface area (Å²) in [6.45, 7) is 1.47. The summed E-state index contributed by atoms with van der Waals surface area (Å²) in [5.74, 6) is -3.40. The van der Waals surface area contributed by atoms with Crippen molar-refractivity contribution in [1.29, 1.82) is 0 Å². The monoisotopic (exact) mass is 255 g/mol. The molecule has 2 N–H and O–H groups in total. The Kier molecular flexibility index (Phi) is 4.25. The van der Waals surface area contributed by atoms with Crippen molar-refractivity contribution in [2.24, 2.45) is 5.92 Å². The summed E-state index contributed by atoms with van der Waals surface area (Å²) in [5, 5.41) is 18.2. The standard InChI is InChI=1S/C12H14FNO4/c1-7(12(17)18)6-14(2)11(16)9-4-3-8(13)5-10(9)15/h3-5,7,15H,6H2,1-2H3,(H,17,18). The Balaban J connectivity index is 2.83. The maximum Gasteiger partial charge on any atom is 0.308 e. The third kappa shape index (κ3) is 3.19. The van der Waals surface area contributed by atoms with E-state index in [1.807, 2.05) is 0 Å². The minimum atomic E-state index is -1.02. The van der Waals surface area contributed by atoms with Crippen LogP contribution in [0.25, 0.3) is 0 Å². The lowest BCUT2D eigenvalue weighted by Crippen LogP contribution is -2.33. The lowest BCUT2D eigenvalue weighted by molar-refractivity contribution is -0.141. The van der Waals surface area contributed by atoms with Crippen molar-refractivity contribution < 1.29 is 24.2 Å². The maximum absolute atomic E-state index is 12.8. The number of carboxylic acid groups (broad SMARTS) is 1. The van der Waals surface area contributed by atoms with E-state index in [0.717, 1.165) is 18.2 Å². The summed E-state index contributed by atoms with van der Waals surface area (Å²) in [6.07, 6.45) is 0. The lowest BCUT2D eigenvalue weighted by atomic mass is 10.1. The molecule has 0 aliphatic rings. The molecule has 1 unspecified atom stereocenters. The fraction of sp³-hybridized carbons (Fsp3) is 0.333. The number of carbonyl (C=O) groups excluding carboxylic acids is 1. The molecule has 6 heteroatoms. The van der Waals surface area contributed by atoms with Crippen LogP contribution >= 0.6 is 0 Å². The van der Waals surface area contributed by atoms with Crippen LogP contribution in [0.1, 0.15) is 17.3 Å². The van der Waals surface area contributed by atoms with Gasteiger partial charge in [-0.3, -0.25) is 9.59 Å². The normalized spacial score (nSPS) is 11.9. The number of benzene rings is 1. The maximum atomic E-state index is 12.8. The van der Waals surface area contributed by atoms with Crippen LogP contribution in [0.4, 0.5) is 4.39 Å². The van der Waals surface area contributed by atoms with Crippen molar-refractivity contribution in [1.82, 2.24) is 4.90 Å². The Labute approximate surface area is 103 Å². The first-order valence-corrected chi connectivity index (χ1v) is 5.29. The predicted octanol–water partition coefficient (Wildman–Crippen LogP) is 1.32. The second-order valence-corrected chi connectivity index (χ2v) is 4.09. The van der Waals surface area contributed by atoms with Gasteiger partial charge in [0.05, 0.1) is 11.5 Å². The van der Waals surface area contributed by atoms with E-state index >= 15 is 0 Å². The number of carbonyl (C=O) groups is 2. The van der Waals surface area contributed by atoms with Crippen LogP contribution in [0.15, 0.2) is 18.2 Å². The Morgan fingerprint density at radius 2 is 2.06 bits per heavy atom. The number of aliphatic carboxylic acids is 1. The van der Waals surface area contributed by atoms with Crippen LogP contribution in [0.3, 0.4) is 0 Å². The fourth-order valence-electron chi connectivity index (χ4n) is 1.46. The molecule has 1 rings (SSSR count). The van der Waals surface area contributed by atoms with Crippen molar-refractivity contribution in [3.63, 3.8) is 0 Å². The number of amides is 1. The van der Waals surface area contributed by atoms with Gasteiger partial charge in [0.25, 0.3) is 5.91 Å². The molecule has 5 nitrogen and oxygen atoms in total. The molecule has 0 bridgehead atoms. The van der Waals surface area contributed by atoms with E-state index in [9.17, 15) is 19.1 Å². The summed E-state index contributed by atoms with van der Waals surface area (Å²) in [7, 11) is 1.42. The molecule has 0 aliphatic heterocycles. The highest BCUT2D eigenvalue weighted by Crippen LogP contribution is 2.19. The van der Waals surface area contributed by atoms with E-state index in [4.69, 9.17) is 5.11 Å². The van der Waals surface area contributed by atoms with Crippen LogP contribution in [0.5, 0.6) is 5.75 Å². The second-order valence-electron chi connectivity index (χ2n) is 4.09. The molecule has 0 aliphatic carbocycles. The average molecular weight is 255 g/mol. The predicted molar refractivity (Wildman–Crippen MR) is 61.8 cm³/mol. The molecule has 0 saturated carbocycles. The van der Waals surface area contributed by atoms with Gasteiger partial charge in [0, 0.05) is 19.7 Å². The van der Waals surface area contributed by atoms with E-state index in [1.165, 1.54) is 18.9 Å². The van der Waals surface area contributed by atoms with E-state index in [-0.39, 0.29) is 12.1 Å². The minimum Gasteiger partial charge on any atom is -0.507 e. The topological polar surface area (TPSA) is 77.8 Å². The SMILES string of the molecule is CC(CN(C)C(=O)c1ccc(F)cc1O)C(=O)O. The summed E-state index contributed by atoms with van der Waals surface area (Å²) in [5.41, 5.74) is -0.0588. The third-order valence-corrected chi connectivity index (χ3v) is 2.51. The van der Waals surface area contributed by atoms with Gasteiger partial charge in [-0.2, -0.15) is 0 Å². The van der Waals surface area contributed by atoms with Crippen LogP contribution in [0.2, 0.25) is 0 Å². The van der Waals surface area contributed by atoms with Crippen LogP contribution in [-0.4, -0.2) is 40.6 Å². The van der Waals surface area contributed by atoms with Gasteiger partial charge in [-0.25, -0.2) is 4.39 Å². The number of hydrogen-bond acceptors (Lipinski definition) is 3. The van der Waals surface area contributed by atoms with Gasteiger partial charge in [0.2, 0.25) is 0 Å². The van der Waals surface area contributed by atoms with Gasteiger partial charge in [-0.05, 0) is 12.1 Å². The number of halogens is 1. The van der Waals surface area contributed by atoms with Gasteiger partial charge >= 0.3 is 5.97 Å². The molecule has 1 aromatic carbocycles. The van der Waals surface area contributed by atoms with Gasteiger partial charge in [0.15, 0.2) is 0 Å². The summed E-state index contributed by atoms with van der Waals surface area (Å²) in [6, 6.07) is 3.05. The molecular formula is C12H14FNO4. The molecule has 1 atom stereocenters. The number of aromatic hydroxyl groups is 1. The smallest absolute Gasteiger partial charge is 0.308 e. The highest BCUT2D eigenvalue weighted by atomic mass is 19.1. The third-order valence-electron chi connectivity index (χ3n) is 2.51. The van der Waals surface area contributed by atoms with Crippen molar-refractivity contribution >= 4 is 11.9 Å². The second kappa shape index (κ2) is 5.48. The Morgan fingerprint density at radius 3 is 2.56 bits per heavy atom. The largest absolute Gasteiger partial charge is 0.507 e. The zero-order chi connectivity index (χ0) is 13.9. The first-order chi connectivity index (χ1) is 8.32. The fourth-order valence-corrected chi connectivity index (χ4v) is 1.46. The number of nitrogens with zero attached hydrogens (tertiary/aromatic N) is 1. The lowest BCUT2D eigenvalue weighted by Gasteiger charge is -2.19. The Morgan fingerprint density at radius 1 is 1.44 bits per heavy atom. The zero-order valence-corrected chi connectivity index (χ0v) is 10.1. The summed E-state index contributed by atoms with van der Waals surface area (Å²) < 4.78 is 12.8. The molecule has 18 heavy (non-hydrogen) atoms. The highest BCUT2D eigenvalue weighted by Gasteiger charge is 2.20. The highest BCUT2D eigenvalue weighted by molar-refractivity contribution is 5.96. The van der Waals surface area contributed by atoms with E-state index in [2.05, 4.69) is 0 Å². The number of phenols is 1. The molecule has 0 radical (unpaired) electrons. The number of hydrogen-bond donors (Lipinski definition) is 2. The van der Waals surface area contributed by atoms with Crippen molar-refractivity contribution in [2.45, 2.75) is 6.92 Å². The number of phenolic OH excluding ortho intramolecular Hbond substituents is 1. The van der Waals surface area contributed by atoms with Crippen molar-refractivity contribution in [3.8, 4) is 5.75 Å². The molecule has 98 valence electrons. The number of carboxylic acids is 1. The minimum absolute atomic E-state index is 0.00494. The average Bonchev–Trinajstić information content (AvgIpc) is 2.27. The Bertz CT molecular complexity index is 475. The summed E-state index contributed by atoms with van der Waals surface area (Å²) >= 11 is 0. The molecule has 0 aromatic heterocycles. The van der Waals surface area contributed by atoms with E-state index in [1.54, 1.807) is 0 Å². The van der Waals surface area contributed by atoms with Gasteiger partial charge < -0.3 is 15.1 Å². The van der Waals surface area contributed by atoms with Gasteiger partial charge in [-0.1, -0.05) is 6.92 Å². The molecule has 0 heterocycles. The van der Waals surface area contributed by atoms with Crippen molar-refractivity contribution in [3.05, 3.63) is 29.6 Å². The molecule has 1 aromatic rings. The molecule has 0 spiro atoms. The van der Waals surface area contributed by atoms with Crippen LogP contribution in [-0.2, 0) is 4.79 Å². The van der Waals surface area contributed by atoms with Crippen LogP contribution < -0.4 is 0 Å². The van der Waals surface area contributed by atoms with E-state index < -0.39 is 29.4 Å². The molecule has 1 amide bonds. The van der Waals surface area contributed by atoms with Gasteiger partial charge in [-0.15, -0.1) is 0 Å². The molecule has 0 saturated heterocycles. The number of rotatable bonds is 4. The zero-order valence-electron chi connectivity index (χ0n) is 10.1.